The molecule has 0 saturated heterocycles. The van der Waals surface area contributed by atoms with E-state index >= 15 is 0 Å². The van der Waals surface area contributed by atoms with Gasteiger partial charge in [0.05, 0.1) is 13.2 Å². The van der Waals surface area contributed by atoms with Gasteiger partial charge >= 0.3 is 19.8 Å². The van der Waals surface area contributed by atoms with E-state index in [1.165, 1.54) is 103 Å². The number of nitrogens with one attached hydrogen (secondary N) is 1. The molecule has 0 spiro atoms. The number of ether oxygens (including phenoxy) is 2. The molecular weight excluding hydrogens is 725 g/mol. The highest BCUT2D eigenvalue weighted by Gasteiger charge is 2.26. The molecule has 0 aliphatic heterocycles. The summed E-state index contributed by atoms with van der Waals surface area (Å²) in [6.07, 6.45) is 47.2. The highest BCUT2D eigenvalue weighted by atomic mass is 31.2. The molecule has 0 rings (SSSR count). The normalized spacial score (nSPS) is 13.7. The van der Waals surface area contributed by atoms with Crippen LogP contribution in [-0.4, -0.2) is 56.3 Å². The van der Waals surface area contributed by atoms with Crippen LogP contribution in [0.4, 0.5) is 0 Å². The minimum absolute atomic E-state index is 0.0225. The maximum Gasteiger partial charge on any atom is 0.472 e. The van der Waals surface area contributed by atoms with Crippen LogP contribution in [0.1, 0.15) is 194 Å². The number of hydrogen-bond acceptors (Lipinski definition) is 8. The molecular formula is C46H84NO8P. The summed E-state index contributed by atoms with van der Waals surface area (Å²) in [5.74, 6) is -0.839. The number of carbonyl (C=O) groups is 2. The summed E-state index contributed by atoms with van der Waals surface area (Å²) < 4.78 is 33.2. The Bertz CT molecular complexity index is 1060. The number of carbonyl (C=O) groups excluding carboxylic acids is 2. The van der Waals surface area contributed by atoms with Gasteiger partial charge in [0.2, 0.25) is 0 Å². The van der Waals surface area contributed by atoms with Crippen molar-refractivity contribution in [3.8, 4) is 0 Å². The van der Waals surface area contributed by atoms with Crippen LogP contribution in [0, 0.1) is 0 Å². The predicted molar refractivity (Wildman–Crippen MR) is 234 cm³/mol. The van der Waals surface area contributed by atoms with E-state index in [2.05, 4.69) is 67.8 Å². The van der Waals surface area contributed by atoms with Gasteiger partial charge in [-0.15, -0.1) is 0 Å². The quantitative estimate of drug-likeness (QED) is 0.0269. The zero-order valence-corrected chi connectivity index (χ0v) is 37.0. The van der Waals surface area contributed by atoms with E-state index in [0.717, 1.165) is 51.4 Å². The minimum atomic E-state index is -4.36. The molecule has 56 heavy (non-hydrogen) atoms. The molecule has 0 heterocycles. The Kier molecular flexibility index (Phi) is 41.0. The van der Waals surface area contributed by atoms with E-state index in [4.69, 9.17) is 18.5 Å². The monoisotopic (exact) mass is 810 g/mol. The van der Waals surface area contributed by atoms with Gasteiger partial charge in [-0.25, -0.2) is 4.57 Å². The first-order valence-corrected chi connectivity index (χ1v) is 24.1. The third-order valence-electron chi connectivity index (χ3n) is 9.45. The first kappa shape index (κ1) is 54.0. The first-order chi connectivity index (χ1) is 27.3. The first-order valence-electron chi connectivity index (χ1n) is 22.6. The number of hydrogen-bond donors (Lipinski definition) is 2. The standard InChI is InChI=1S/C46H84NO8P/c1-4-6-8-10-12-14-16-18-20-21-22-23-25-26-28-30-32-34-36-38-45(48)52-42-44(43-54-56(50,51)53-41-40-47-3)55-46(49)39-37-35-33-31-29-27-24-19-17-15-13-11-9-7-5-2/h12,14,18,20,22-23,26,28,44,47H,4-11,13,15-17,19,21,24-25,27,29-43H2,1-3H3,(H,50,51)/b14-12-,20-18-,23-22-,28-26-. The van der Waals surface area contributed by atoms with Crippen LogP contribution < -0.4 is 5.32 Å². The number of likely N-dealkylation sites (N-methyl/N-ethyl adjacent to an activating group) is 1. The van der Waals surface area contributed by atoms with Crippen molar-refractivity contribution >= 4 is 19.8 Å². The zero-order valence-electron chi connectivity index (χ0n) is 36.1. The Balaban J connectivity index is 4.26. The van der Waals surface area contributed by atoms with Crippen molar-refractivity contribution in [3.05, 3.63) is 48.6 Å². The van der Waals surface area contributed by atoms with Gasteiger partial charge < -0.3 is 19.7 Å². The van der Waals surface area contributed by atoms with Gasteiger partial charge in [-0.05, 0) is 64.8 Å². The van der Waals surface area contributed by atoms with Gasteiger partial charge in [0.1, 0.15) is 6.61 Å². The number of rotatable bonds is 42. The molecule has 0 aromatic rings. The molecule has 326 valence electrons. The molecule has 2 atom stereocenters. The molecule has 9 nitrogen and oxygen atoms in total. The molecule has 2 N–H and O–H groups in total. The van der Waals surface area contributed by atoms with Crippen molar-refractivity contribution in [2.24, 2.45) is 0 Å². The van der Waals surface area contributed by atoms with Gasteiger partial charge in [0.15, 0.2) is 6.10 Å². The van der Waals surface area contributed by atoms with Gasteiger partial charge in [-0.2, -0.15) is 0 Å². The van der Waals surface area contributed by atoms with Crippen LogP contribution in [0.3, 0.4) is 0 Å². The molecule has 0 radical (unpaired) electrons. The van der Waals surface area contributed by atoms with Gasteiger partial charge in [0.25, 0.3) is 0 Å². The lowest BCUT2D eigenvalue weighted by Gasteiger charge is -2.20. The lowest BCUT2D eigenvalue weighted by Crippen LogP contribution is -2.29. The molecule has 0 aromatic heterocycles. The fourth-order valence-electron chi connectivity index (χ4n) is 6.01. The Morgan fingerprint density at radius 2 is 0.964 bits per heavy atom. The molecule has 0 amide bonds. The van der Waals surface area contributed by atoms with Gasteiger partial charge in [0, 0.05) is 19.4 Å². The van der Waals surface area contributed by atoms with Crippen LogP contribution >= 0.6 is 7.82 Å². The number of unbranched alkanes of at least 4 members (excludes halogenated alkanes) is 20. The molecule has 0 saturated carbocycles. The maximum atomic E-state index is 12.6. The fourth-order valence-corrected chi connectivity index (χ4v) is 6.76. The van der Waals surface area contributed by atoms with Crippen LogP contribution in [-0.2, 0) is 32.7 Å². The molecule has 0 bridgehead atoms. The summed E-state index contributed by atoms with van der Waals surface area (Å²) in [6, 6.07) is 0. The topological polar surface area (TPSA) is 120 Å². The van der Waals surface area contributed by atoms with E-state index in [0.29, 0.717) is 19.4 Å². The Morgan fingerprint density at radius 1 is 0.554 bits per heavy atom. The number of allylic oxidation sites excluding steroid dienone is 8. The maximum absolute atomic E-state index is 12.6. The van der Waals surface area contributed by atoms with Crippen molar-refractivity contribution in [1.29, 1.82) is 0 Å². The van der Waals surface area contributed by atoms with Gasteiger partial charge in [-0.3, -0.25) is 18.6 Å². The van der Waals surface area contributed by atoms with E-state index in [1.807, 2.05) is 0 Å². The van der Waals surface area contributed by atoms with Crippen molar-refractivity contribution in [1.82, 2.24) is 5.32 Å². The van der Waals surface area contributed by atoms with Crippen molar-refractivity contribution in [2.75, 3.05) is 33.4 Å². The van der Waals surface area contributed by atoms with Crippen LogP contribution in [0.15, 0.2) is 48.6 Å². The highest BCUT2D eigenvalue weighted by Crippen LogP contribution is 2.43. The van der Waals surface area contributed by atoms with E-state index in [9.17, 15) is 19.0 Å². The molecule has 0 aliphatic carbocycles. The Hall–Kier alpha value is -2.03. The number of phosphoric ester groups is 1. The number of esters is 2. The van der Waals surface area contributed by atoms with Crippen LogP contribution in [0.25, 0.3) is 0 Å². The minimum Gasteiger partial charge on any atom is -0.462 e. The van der Waals surface area contributed by atoms with E-state index < -0.39 is 32.5 Å². The average molecular weight is 810 g/mol. The summed E-state index contributed by atoms with van der Waals surface area (Å²) in [5.41, 5.74) is 0. The average Bonchev–Trinajstić information content (AvgIpc) is 3.18. The van der Waals surface area contributed by atoms with Crippen molar-refractivity contribution < 1.29 is 37.6 Å². The Labute approximate surface area is 343 Å². The van der Waals surface area contributed by atoms with E-state index in [-0.39, 0.29) is 26.1 Å². The fraction of sp³-hybridized carbons (Fsp3) is 0.783. The second-order valence-electron chi connectivity index (χ2n) is 14.9. The highest BCUT2D eigenvalue weighted by molar-refractivity contribution is 7.47. The molecule has 2 unspecified atom stereocenters. The van der Waals surface area contributed by atoms with Crippen LogP contribution in [0.5, 0.6) is 0 Å². The largest absolute Gasteiger partial charge is 0.472 e. The van der Waals surface area contributed by atoms with Crippen molar-refractivity contribution in [3.63, 3.8) is 0 Å². The summed E-state index contributed by atoms with van der Waals surface area (Å²) in [7, 11) is -2.66. The second-order valence-corrected chi connectivity index (χ2v) is 16.3. The molecule has 0 aromatic carbocycles. The summed E-state index contributed by atoms with van der Waals surface area (Å²) in [4.78, 5) is 35.1. The van der Waals surface area contributed by atoms with Crippen molar-refractivity contribution in [2.45, 2.75) is 200 Å². The van der Waals surface area contributed by atoms with E-state index in [1.54, 1.807) is 7.05 Å². The van der Waals surface area contributed by atoms with Crippen LogP contribution in [0.2, 0.25) is 0 Å². The molecule has 10 heteroatoms. The third-order valence-corrected chi connectivity index (χ3v) is 10.4. The summed E-state index contributed by atoms with van der Waals surface area (Å²) in [6.45, 7) is 4.17. The second kappa shape index (κ2) is 42.6. The summed E-state index contributed by atoms with van der Waals surface area (Å²) >= 11 is 0. The Morgan fingerprint density at radius 3 is 1.46 bits per heavy atom. The SMILES string of the molecule is CCCCC/C=C\C/C=C\C/C=C\C/C=C\CCCCCC(=O)OCC(COP(=O)(O)OCCNC)OC(=O)CCCCCCCCCCCCCCCCC. The molecule has 0 fully saturated rings. The predicted octanol–water partition coefficient (Wildman–Crippen LogP) is 13.0. The third kappa shape index (κ3) is 41.6. The van der Waals surface area contributed by atoms with Gasteiger partial charge in [-0.1, -0.05) is 172 Å². The molecule has 0 aliphatic rings. The number of phosphoric acid groups is 1. The zero-order chi connectivity index (χ0) is 41.1. The lowest BCUT2D eigenvalue weighted by molar-refractivity contribution is -0.161. The smallest absolute Gasteiger partial charge is 0.462 e. The lowest BCUT2D eigenvalue weighted by atomic mass is 10.0. The summed E-state index contributed by atoms with van der Waals surface area (Å²) in [5, 5.41) is 2.82.